The van der Waals surface area contributed by atoms with Crippen LogP contribution in [0.4, 0.5) is 0 Å². The van der Waals surface area contributed by atoms with Gasteiger partial charge in [-0.25, -0.2) is 9.97 Å². The molecule has 1 aliphatic rings. The van der Waals surface area contributed by atoms with Gasteiger partial charge in [0.1, 0.15) is 12.4 Å². The molecule has 4 heteroatoms. The molecule has 1 fully saturated rings. The number of ether oxygens (including phenoxy) is 1. The van der Waals surface area contributed by atoms with E-state index in [1.165, 1.54) is 19.2 Å². The van der Waals surface area contributed by atoms with Crippen LogP contribution >= 0.6 is 15.9 Å². The standard InChI is InChI=1S/C11H15BrN2O/c1-8-2-4-9(5-3-8)15-11-10(12)6-13-7-14-11/h6-9H,2-5H2,1H3. The lowest BCUT2D eigenvalue weighted by molar-refractivity contribution is 0.129. The molecule has 15 heavy (non-hydrogen) atoms. The maximum Gasteiger partial charge on any atom is 0.231 e. The van der Waals surface area contributed by atoms with E-state index < -0.39 is 0 Å². The molecule has 0 radical (unpaired) electrons. The Bertz CT molecular complexity index is 324. The molecule has 0 N–H and O–H groups in total. The molecule has 0 atom stereocenters. The van der Waals surface area contributed by atoms with Crippen molar-refractivity contribution in [3.63, 3.8) is 0 Å². The lowest BCUT2D eigenvalue weighted by Gasteiger charge is -2.26. The van der Waals surface area contributed by atoms with Crippen molar-refractivity contribution in [3.8, 4) is 5.88 Å². The van der Waals surface area contributed by atoms with Crippen LogP contribution in [0.3, 0.4) is 0 Å². The predicted octanol–water partition coefficient (Wildman–Crippen LogP) is 3.20. The van der Waals surface area contributed by atoms with Crippen molar-refractivity contribution in [1.29, 1.82) is 0 Å². The van der Waals surface area contributed by atoms with Gasteiger partial charge in [0.25, 0.3) is 0 Å². The molecule has 0 aromatic carbocycles. The highest BCUT2D eigenvalue weighted by molar-refractivity contribution is 9.10. The number of aromatic nitrogens is 2. The first-order valence-electron chi connectivity index (χ1n) is 5.38. The fourth-order valence-corrected chi connectivity index (χ4v) is 2.21. The number of hydrogen-bond acceptors (Lipinski definition) is 3. The predicted molar refractivity (Wildman–Crippen MR) is 61.8 cm³/mol. The summed E-state index contributed by atoms with van der Waals surface area (Å²) in [6.07, 6.45) is 8.35. The van der Waals surface area contributed by atoms with Crippen LogP contribution in [-0.4, -0.2) is 16.1 Å². The quantitative estimate of drug-likeness (QED) is 0.828. The lowest BCUT2D eigenvalue weighted by Crippen LogP contribution is -2.23. The first-order chi connectivity index (χ1) is 7.25. The maximum atomic E-state index is 5.84. The molecule has 1 saturated carbocycles. The maximum absolute atomic E-state index is 5.84. The minimum absolute atomic E-state index is 0.326. The molecule has 0 unspecified atom stereocenters. The number of nitrogens with zero attached hydrogens (tertiary/aromatic N) is 2. The summed E-state index contributed by atoms with van der Waals surface area (Å²) in [5.41, 5.74) is 0. The molecule has 82 valence electrons. The van der Waals surface area contributed by atoms with E-state index in [9.17, 15) is 0 Å². The molecule has 2 rings (SSSR count). The summed E-state index contributed by atoms with van der Waals surface area (Å²) in [7, 11) is 0. The van der Waals surface area contributed by atoms with Crippen molar-refractivity contribution in [1.82, 2.24) is 9.97 Å². The molecule has 0 bridgehead atoms. The van der Waals surface area contributed by atoms with Gasteiger partial charge in [-0.1, -0.05) is 6.92 Å². The normalized spacial score (nSPS) is 26.3. The Morgan fingerprint density at radius 2 is 2.07 bits per heavy atom. The highest BCUT2D eigenvalue weighted by atomic mass is 79.9. The third-order valence-electron chi connectivity index (χ3n) is 2.88. The Morgan fingerprint density at radius 1 is 1.33 bits per heavy atom. The molecule has 1 aromatic heterocycles. The zero-order chi connectivity index (χ0) is 10.7. The number of rotatable bonds is 2. The van der Waals surface area contributed by atoms with Gasteiger partial charge in [-0.05, 0) is 47.5 Å². The van der Waals surface area contributed by atoms with Crippen molar-refractivity contribution in [2.45, 2.75) is 38.7 Å². The van der Waals surface area contributed by atoms with Crippen LogP contribution in [0.25, 0.3) is 0 Å². The third-order valence-corrected chi connectivity index (χ3v) is 3.42. The van der Waals surface area contributed by atoms with Gasteiger partial charge in [0, 0.05) is 6.20 Å². The fraction of sp³-hybridized carbons (Fsp3) is 0.636. The van der Waals surface area contributed by atoms with Crippen molar-refractivity contribution >= 4 is 15.9 Å². The van der Waals surface area contributed by atoms with Gasteiger partial charge in [-0.2, -0.15) is 0 Å². The Balaban J connectivity index is 1.95. The van der Waals surface area contributed by atoms with Crippen molar-refractivity contribution in [2.24, 2.45) is 5.92 Å². The van der Waals surface area contributed by atoms with E-state index in [1.807, 2.05) is 0 Å². The average Bonchev–Trinajstić information content (AvgIpc) is 2.25. The molecule has 0 amide bonds. The van der Waals surface area contributed by atoms with Gasteiger partial charge < -0.3 is 4.74 Å². The van der Waals surface area contributed by atoms with Crippen molar-refractivity contribution in [2.75, 3.05) is 0 Å². The van der Waals surface area contributed by atoms with E-state index in [4.69, 9.17) is 4.74 Å². The van der Waals surface area contributed by atoms with Gasteiger partial charge in [0.2, 0.25) is 5.88 Å². The van der Waals surface area contributed by atoms with Crippen LogP contribution in [0, 0.1) is 5.92 Å². The van der Waals surface area contributed by atoms with Crippen LogP contribution < -0.4 is 4.74 Å². The molecule has 1 aromatic rings. The second-order valence-electron chi connectivity index (χ2n) is 4.18. The Kier molecular flexibility index (Phi) is 3.57. The molecular formula is C11H15BrN2O. The molecule has 0 saturated heterocycles. The molecule has 0 aliphatic heterocycles. The summed E-state index contributed by atoms with van der Waals surface area (Å²) in [5, 5.41) is 0. The van der Waals surface area contributed by atoms with E-state index in [0.29, 0.717) is 12.0 Å². The second kappa shape index (κ2) is 4.92. The van der Waals surface area contributed by atoms with Crippen LogP contribution in [0.5, 0.6) is 5.88 Å². The van der Waals surface area contributed by atoms with E-state index in [0.717, 1.165) is 23.2 Å². The summed E-state index contributed by atoms with van der Waals surface area (Å²) in [6, 6.07) is 0. The number of hydrogen-bond donors (Lipinski definition) is 0. The summed E-state index contributed by atoms with van der Waals surface area (Å²) in [5.74, 6) is 1.52. The SMILES string of the molecule is CC1CCC(Oc2ncncc2Br)CC1. The van der Waals surface area contributed by atoms with Crippen LogP contribution in [0.15, 0.2) is 17.0 Å². The Labute approximate surface area is 98.4 Å². The molecule has 1 heterocycles. The molecule has 3 nitrogen and oxygen atoms in total. The van der Waals surface area contributed by atoms with Crippen LogP contribution in [-0.2, 0) is 0 Å². The summed E-state index contributed by atoms with van der Waals surface area (Å²) in [6.45, 7) is 2.30. The summed E-state index contributed by atoms with van der Waals surface area (Å²) >= 11 is 3.38. The van der Waals surface area contributed by atoms with E-state index in [-0.39, 0.29) is 0 Å². The monoisotopic (exact) mass is 270 g/mol. The van der Waals surface area contributed by atoms with Crippen molar-refractivity contribution < 1.29 is 4.74 Å². The fourth-order valence-electron chi connectivity index (χ4n) is 1.89. The topological polar surface area (TPSA) is 35.0 Å². The van der Waals surface area contributed by atoms with E-state index in [1.54, 1.807) is 6.20 Å². The molecule has 1 aliphatic carbocycles. The van der Waals surface area contributed by atoms with Crippen molar-refractivity contribution in [3.05, 3.63) is 17.0 Å². The van der Waals surface area contributed by atoms with Gasteiger partial charge in [-0.15, -0.1) is 0 Å². The van der Waals surface area contributed by atoms with Gasteiger partial charge in [0.05, 0.1) is 4.47 Å². The van der Waals surface area contributed by atoms with Crippen LogP contribution in [0.1, 0.15) is 32.6 Å². The van der Waals surface area contributed by atoms with Gasteiger partial charge >= 0.3 is 0 Å². The van der Waals surface area contributed by atoms with Gasteiger partial charge in [-0.3, -0.25) is 0 Å². The molecular weight excluding hydrogens is 256 g/mol. The first-order valence-corrected chi connectivity index (χ1v) is 6.17. The lowest BCUT2D eigenvalue weighted by atomic mass is 9.89. The minimum atomic E-state index is 0.326. The second-order valence-corrected chi connectivity index (χ2v) is 5.03. The largest absolute Gasteiger partial charge is 0.473 e. The number of halogens is 1. The zero-order valence-corrected chi connectivity index (χ0v) is 10.4. The third kappa shape index (κ3) is 2.91. The highest BCUT2D eigenvalue weighted by Crippen LogP contribution is 2.28. The van der Waals surface area contributed by atoms with E-state index >= 15 is 0 Å². The summed E-state index contributed by atoms with van der Waals surface area (Å²) in [4.78, 5) is 8.02. The Morgan fingerprint density at radius 3 is 2.73 bits per heavy atom. The van der Waals surface area contributed by atoms with Crippen LogP contribution in [0.2, 0.25) is 0 Å². The van der Waals surface area contributed by atoms with E-state index in [2.05, 4.69) is 32.8 Å². The highest BCUT2D eigenvalue weighted by Gasteiger charge is 2.20. The van der Waals surface area contributed by atoms with Gasteiger partial charge in [0.15, 0.2) is 0 Å². The molecule has 0 spiro atoms. The Hall–Kier alpha value is -0.640. The average molecular weight is 271 g/mol. The zero-order valence-electron chi connectivity index (χ0n) is 8.82. The minimum Gasteiger partial charge on any atom is -0.473 e. The first kappa shape index (κ1) is 10.9. The summed E-state index contributed by atoms with van der Waals surface area (Å²) < 4.78 is 6.67. The smallest absolute Gasteiger partial charge is 0.231 e.